The molecule has 0 aliphatic rings. The Bertz CT molecular complexity index is 1170. The number of carbonyl (C=O) groups is 1. The molecule has 0 aromatic heterocycles. The van der Waals surface area contributed by atoms with Crippen molar-refractivity contribution in [1.82, 2.24) is 5.32 Å². The van der Waals surface area contributed by atoms with Crippen LogP contribution in [-0.2, 0) is 0 Å². The minimum Gasteiger partial charge on any atom is -0.400 e. The maximum absolute atomic E-state index is 13.2. The van der Waals surface area contributed by atoms with Gasteiger partial charge in [-0.15, -0.1) is 0 Å². The van der Waals surface area contributed by atoms with Crippen LogP contribution in [0.4, 0.5) is 0 Å². The molecule has 4 rings (SSSR count). The number of benzene rings is 4. The zero-order valence-electron chi connectivity index (χ0n) is 19.1. The highest BCUT2D eigenvalue weighted by Gasteiger charge is 2.50. The van der Waals surface area contributed by atoms with Crippen LogP contribution in [0.25, 0.3) is 0 Å². The fraction of sp³-hybridized carbons (Fsp3) is 0. The summed E-state index contributed by atoms with van der Waals surface area (Å²) in [6, 6.07) is 40.1. The van der Waals surface area contributed by atoms with Crippen LogP contribution in [0, 0.1) is 10.2 Å². The second kappa shape index (κ2) is 12.4. The number of hydrogen-bond acceptors (Lipinski definition) is 6. The Labute approximate surface area is 212 Å². The normalized spacial score (nSPS) is 11.7. The van der Waals surface area contributed by atoms with Crippen molar-refractivity contribution < 1.29 is 33.7 Å². The highest BCUT2D eigenvalue weighted by atomic mass is 35.7. The largest absolute Gasteiger partial charge is 0.400 e. The van der Waals surface area contributed by atoms with Crippen molar-refractivity contribution in [3.63, 3.8) is 0 Å². The molecule has 0 radical (unpaired) electrons. The van der Waals surface area contributed by atoms with Gasteiger partial charge in [-0.1, -0.05) is 72.8 Å². The van der Waals surface area contributed by atoms with Gasteiger partial charge in [0.05, 0.1) is 21.1 Å². The van der Waals surface area contributed by atoms with E-state index in [1.165, 1.54) is 0 Å². The minimum absolute atomic E-state index is 0.176. The number of amides is 1. The van der Waals surface area contributed by atoms with Gasteiger partial charge >= 0.3 is 0 Å². The third-order valence-electron chi connectivity index (χ3n) is 5.23. The molecule has 4 aromatic rings. The number of rotatable bonds is 6. The van der Waals surface area contributed by atoms with Crippen LogP contribution >= 0.6 is 7.26 Å². The molecule has 0 fully saturated rings. The third kappa shape index (κ3) is 6.77. The Kier molecular flexibility index (Phi) is 9.33. The Morgan fingerprint density at radius 2 is 1.00 bits per heavy atom. The molecule has 184 valence electrons. The van der Waals surface area contributed by atoms with Crippen LogP contribution in [0.3, 0.4) is 0 Å². The first kappa shape index (κ1) is 27.0. The molecule has 0 spiro atoms. The second-order valence-corrected chi connectivity index (χ2v) is 11.6. The van der Waals surface area contributed by atoms with Crippen molar-refractivity contribution in [2.75, 3.05) is 0 Å². The zero-order chi connectivity index (χ0) is 26.0. The van der Waals surface area contributed by atoms with Gasteiger partial charge < -0.3 is 5.73 Å². The molecule has 0 heterocycles. The van der Waals surface area contributed by atoms with E-state index in [4.69, 9.17) is 24.4 Å². The zero-order valence-corrected chi connectivity index (χ0v) is 20.8. The van der Waals surface area contributed by atoms with Crippen molar-refractivity contribution in [2.24, 2.45) is 5.73 Å². The number of carbonyl (C=O) groups excluding carboxylic acids is 1. The lowest BCUT2D eigenvalue weighted by Gasteiger charge is -2.29. The van der Waals surface area contributed by atoms with E-state index in [0.717, 1.165) is 15.9 Å². The molecule has 0 saturated carbocycles. The van der Waals surface area contributed by atoms with E-state index >= 15 is 0 Å². The van der Waals surface area contributed by atoms with Crippen LogP contribution in [0.15, 0.2) is 133 Å². The number of nitrogens with two attached hydrogens (primary N) is 1. The summed E-state index contributed by atoms with van der Waals surface area (Å²) in [6.07, 6.45) is 1.56. The summed E-state index contributed by atoms with van der Waals surface area (Å²) in [7, 11) is -7.13. The maximum atomic E-state index is 13.2. The predicted octanol–water partition coefficient (Wildman–Crippen LogP) is 0.0441. The average Bonchev–Trinajstić information content (AvgIpc) is 2.90. The van der Waals surface area contributed by atoms with E-state index in [1.807, 2.05) is 72.8 Å². The number of nitrogens with one attached hydrogen (secondary N) is 1. The Morgan fingerprint density at radius 3 is 1.31 bits per heavy atom. The first-order chi connectivity index (χ1) is 17.3. The summed E-state index contributed by atoms with van der Waals surface area (Å²) in [5.41, 5.74) is 7.55. The van der Waals surface area contributed by atoms with E-state index in [2.05, 4.69) is 41.7 Å². The van der Waals surface area contributed by atoms with Gasteiger partial charge in [0.25, 0.3) is 5.91 Å². The van der Waals surface area contributed by atoms with E-state index in [9.17, 15) is 4.79 Å². The highest BCUT2D eigenvalue weighted by Crippen LogP contribution is 2.61. The van der Waals surface area contributed by atoms with Gasteiger partial charge in [-0.05, 0) is 48.5 Å². The Hall–Kier alpha value is -3.55. The van der Waals surface area contributed by atoms with Gasteiger partial charge in [0.1, 0.15) is 15.9 Å². The molecule has 4 aromatic carbocycles. The monoisotopic (exact) mass is 523 g/mol. The van der Waals surface area contributed by atoms with E-state index < -0.39 is 17.5 Å². The lowest BCUT2D eigenvalue weighted by atomic mass is 10.2. The minimum atomic E-state index is -4.69. The van der Waals surface area contributed by atoms with Crippen LogP contribution in [0.5, 0.6) is 0 Å². The summed E-state index contributed by atoms with van der Waals surface area (Å²) in [4.78, 5) is 13.2. The predicted molar refractivity (Wildman–Crippen MR) is 134 cm³/mol. The van der Waals surface area contributed by atoms with Crippen LogP contribution < -0.4 is 40.9 Å². The summed E-state index contributed by atoms with van der Waals surface area (Å²) in [5, 5.41) is 6.53. The fourth-order valence-electron chi connectivity index (χ4n) is 3.83. The first-order valence-electron chi connectivity index (χ1n) is 10.7. The van der Waals surface area contributed by atoms with Crippen molar-refractivity contribution >= 4 is 29.1 Å². The van der Waals surface area contributed by atoms with Crippen LogP contribution in [0.2, 0.25) is 0 Å². The molecule has 0 unspecified atom stereocenters. The molecule has 0 aliphatic heterocycles. The molecular weight excluding hydrogens is 499 g/mol. The fourth-order valence-corrected chi connectivity index (χ4v) is 7.91. The topological polar surface area (TPSA) is 145 Å². The van der Waals surface area contributed by atoms with E-state index in [-0.39, 0.29) is 5.91 Å². The Balaban J connectivity index is 0.000000658. The molecular formula is C27H25ClN2O5P+. The third-order valence-corrected chi connectivity index (χ3v) is 9.43. The number of hydrogen-bond donors (Lipinski definition) is 3. The smallest absolute Gasteiger partial charge is 0.258 e. The van der Waals surface area contributed by atoms with Crippen molar-refractivity contribution in [1.29, 1.82) is 0 Å². The highest BCUT2D eigenvalue weighted by molar-refractivity contribution is 7.99. The summed E-state index contributed by atoms with van der Waals surface area (Å²) in [6.45, 7) is 0. The van der Waals surface area contributed by atoms with Gasteiger partial charge in [0.2, 0.25) is 0 Å². The maximum Gasteiger partial charge on any atom is 0.258 e. The molecule has 0 bridgehead atoms. The van der Waals surface area contributed by atoms with Crippen molar-refractivity contribution in [2.45, 2.75) is 0 Å². The van der Waals surface area contributed by atoms with Gasteiger partial charge in [0, 0.05) is 5.56 Å². The molecule has 0 atom stereocenters. The van der Waals surface area contributed by atoms with E-state index in [0.29, 0.717) is 11.0 Å². The summed E-state index contributed by atoms with van der Waals surface area (Å²) < 4.78 is 32.7. The quantitative estimate of drug-likeness (QED) is 0.304. The average molecular weight is 524 g/mol. The second-order valence-electron chi connectivity index (χ2n) is 7.45. The van der Waals surface area contributed by atoms with Gasteiger partial charge in [-0.2, -0.15) is 14.0 Å². The van der Waals surface area contributed by atoms with Crippen molar-refractivity contribution in [3.8, 4) is 0 Å². The SMILES string of the molecule is N/C=C(\NC(=O)c1ccccc1)[P+](c1ccccc1)(c1ccccc1)c1ccccc1.[O-][Cl+3]([O-])([O-])O. The summed E-state index contributed by atoms with van der Waals surface area (Å²) >= 11 is 0. The standard InChI is InChI=1S/C27H23N2OP.ClHO4/c28-21-26(29-27(30)22-13-5-1-6-14-22)31(23-15-7-2-8-16-23,24-17-9-3-10-18-24)25-19-11-4-12-20-25;2-1(3,4)5/h1-21H,28H2;(H,2,3,4,5)/p+1/b26-21+;. The van der Waals surface area contributed by atoms with Gasteiger partial charge in [-0.3, -0.25) is 10.1 Å². The van der Waals surface area contributed by atoms with Crippen LogP contribution in [0.1, 0.15) is 10.4 Å². The Morgan fingerprint density at radius 1 is 0.694 bits per heavy atom. The molecule has 9 heteroatoms. The molecule has 0 saturated heterocycles. The molecule has 4 N–H and O–H groups in total. The molecule has 1 amide bonds. The lowest BCUT2D eigenvalue weighted by Crippen LogP contribution is -2.58. The molecule has 0 aliphatic carbocycles. The van der Waals surface area contributed by atoms with E-state index in [1.54, 1.807) is 18.3 Å². The van der Waals surface area contributed by atoms with Gasteiger partial charge in [0.15, 0.2) is 12.7 Å². The van der Waals surface area contributed by atoms with Gasteiger partial charge in [-0.25, -0.2) is 0 Å². The lowest BCUT2D eigenvalue weighted by molar-refractivity contribution is -1.92. The van der Waals surface area contributed by atoms with Crippen LogP contribution in [-0.4, -0.2) is 10.6 Å². The summed E-state index contributed by atoms with van der Waals surface area (Å²) in [5.74, 6) is -0.176. The van der Waals surface area contributed by atoms with Crippen molar-refractivity contribution in [3.05, 3.63) is 139 Å². The first-order valence-corrected chi connectivity index (χ1v) is 13.8. The number of halogens is 1. The molecule has 36 heavy (non-hydrogen) atoms. The molecule has 7 nitrogen and oxygen atoms in total.